The molecule has 0 fully saturated rings. The van der Waals surface area contributed by atoms with Crippen LogP contribution in [0, 0.1) is 6.92 Å². The first-order valence-electron chi connectivity index (χ1n) is 8.70. The zero-order valence-corrected chi connectivity index (χ0v) is 15.2. The standard InChI is InChI=1S/C23H23NO/c1-15-13-16(23(2,3)4)14-21(22(15)25)24-19-11-7-5-9-17(19)18-10-6-8-12-20(18)24/h5-14,25H,1-4H3. The Hall–Kier alpha value is -2.74. The maximum absolute atomic E-state index is 10.9. The van der Waals surface area contributed by atoms with Crippen LogP contribution in [0.25, 0.3) is 27.5 Å². The average Bonchev–Trinajstić information content (AvgIpc) is 2.91. The Kier molecular flexibility index (Phi) is 3.40. The molecule has 4 aromatic rings. The maximum Gasteiger partial charge on any atom is 0.142 e. The maximum atomic E-state index is 10.9. The quantitative estimate of drug-likeness (QED) is 0.449. The van der Waals surface area contributed by atoms with E-state index in [1.807, 2.05) is 6.92 Å². The topological polar surface area (TPSA) is 25.2 Å². The van der Waals surface area contributed by atoms with Gasteiger partial charge in [-0.2, -0.15) is 0 Å². The first-order valence-corrected chi connectivity index (χ1v) is 8.70. The fraction of sp³-hybridized carbons (Fsp3) is 0.217. The van der Waals surface area contributed by atoms with Crippen molar-refractivity contribution in [1.29, 1.82) is 0 Å². The summed E-state index contributed by atoms with van der Waals surface area (Å²) in [5.74, 6) is 0.347. The monoisotopic (exact) mass is 329 g/mol. The van der Waals surface area contributed by atoms with Crippen LogP contribution in [-0.2, 0) is 5.41 Å². The molecule has 0 unspecified atom stereocenters. The molecule has 0 aliphatic carbocycles. The Labute approximate surface area is 148 Å². The van der Waals surface area contributed by atoms with Gasteiger partial charge in [0.1, 0.15) is 5.75 Å². The lowest BCUT2D eigenvalue weighted by Crippen LogP contribution is -2.12. The van der Waals surface area contributed by atoms with Gasteiger partial charge in [-0.25, -0.2) is 0 Å². The molecule has 3 aromatic carbocycles. The van der Waals surface area contributed by atoms with Crippen LogP contribution >= 0.6 is 0 Å². The number of hydrogen-bond acceptors (Lipinski definition) is 1. The van der Waals surface area contributed by atoms with E-state index >= 15 is 0 Å². The molecule has 0 aliphatic rings. The molecule has 0 atom stereocenters. The van der Waals surface area contributed by atoms with Gasteiger partial charge < -0.3 is 9.67 Å². The lowest BCUT2D eigenvalue weighted by atomic mass is 9.85. The van der Waals surface area contributed by atoms with Crippen molar-refractivity contribution in [3.63, 3.8) is 0 Å². The summed E-state index contributed by atoms with van der Waals surface area (Å²) >= 11 is 0. The van der Waals surface area contributed by atoms with Crippen molar-refractivity contribution in [2.45, 2.75) is 33.1 Å². The molecule has 1 aromatic heterocycles. The molecule has 25 heavy (non-hydrogen) atoms. The minimum Gasteiger partial charge on any atom is -0.505 e. The number of aromatic hydroxyl groups is 1. The summed E-state index contributed by atoms with van der Waals surface area (Å²) in [5, 5.41) is 13.3. The van der Waals surface area contributed by atoms with E-state index in [1.54, 1.807) is 0 Å². The molecule has 0 amide bonds. The number of para-hydroxylation sites is 2. The number of aryl methyl sites for hydroxylation is 1. The zero-order chi connectivity index (χ0) is 17.8. The van der Waals surface area contributed by atoms with Crippen molar-refractivity contribution in [3.8, 4) is 11.4 Å². The molecule has 126 valence electrons. The lowest BCUT2D eigenvalue weighted by molar-refractivity contribution is 0.467. The molecule has 1 N–H and O–H groups in total. The van der Waals surface area contributed by atoms with Crippen molar-refractivity contribution in [2.24, 2.45) is 0 Å². The van der Waals surface area contributed by atoms with E-state index in [-0.39, 0.29) is 5.41 Å². The molecule has 1 heterocycles. The largest absolute Gasteiger partial charge is 0.505 e. The van der Waals surface area contributed by atoms with Crippen molar-refractivity contribution < 1.29 is 5.11 Å². The van der Waals surface area contributed by atoms with Crippen LogP contribution in [-0.4, -0.2) is 9.67 Å². The SMILES string of the molecule is Cc1cc(C(C)(C)C)cc(-n2c3ccccc3c3ccccc32)c1O. The molecule has 0 radical (unpaired) electrons. The van der Waals surface area contributed by atoms with Crippen LogP contribution in [0.15, 0.2) is 60.7 Å². The van der Waals surface area contributed by atoms with Gasteiger partial charge >= 0.3 is 0 Å². The van der Waals surface area contributed by atoms with E-state index in [9.17, 15) is 5.11 Å². The summed E-state index contributed by atoms with van der Waals surface area (Å²) in [6.45, 7) is 8.58. The summed E-state index contributed by atoms with van der Waals surface area (Å²) in [4.78, 5) is 0. The van der Waals surface area contributed by atoms with E-state index in [2.05, 4.69) is 86.0 Å². The van der Waals surface area contributed by atoms with Gasteiger partial charge in [-0.15, -0.1) is 0 Å². The second-order valence-electron chi connectivity index (χ2n) is 7.78. The Bertz CT molecular complexity index is 1040. The van der Waals surface area contributed by atoms with Gasteiger partial charge in [-0.3, -0.25) is 0 Å². The van der Waals surface area contributed by atoms with Gasteiger partial charge in [0.15, 0.2) is 0 Å². The highest BCUT2D eigenvalue weighted by molar-refractivity contribution is 6.09. The normalized spacial score (nSPS) is 12.2. The van der Waals surface area contributed by atoms with Crippen molar-refractivity contribution in [3.05, 3.63) is 71.8 Å². The van der Waals surface area contributed by atoms with Gasteiger partial charge in [0.25, 0.3) is 0 Å². The molecule has 0 saturated heterocycles. The molecule has 0 saturated carbocycles. The molecule has 4 rings (SSSR count). The van der Waals surface area contributed by atoms with Crippen LogP contribution in [0.3, 0.4) is 0 Å². The second kappa shape index (κ2) is 5.38. The van der Waals surface area contributed by atoms with Gasteiger partial charge in [0, 0.05) is 10.8 Å². The summed E-state index contributed by atoms with van der Waals surface area (Å²) in [5.41, 5.74) is 5.23. The van der Waals surface area contributed by atoms with Crippen LogP contribution in [0.2, 0.25) is 0 Å². The summed E-state index contributed by atoms with van der Waals surface area (Å²) in [6.07, 6.45) is 0. The Morgan fingerprint density at radius 2 is 1.32 bits per heavy atom. The predicted molar refractivity (Wildman–Crippen MR) is 106 cm³/mol. The van der Waals surface area contributed by atoms with Crippen LogP contribution in [0.4, 0.5) is 0 Å². The number of hydrogen-bond donors (Lipinski definition) is 1. The third-order valence-corrected chi connectivity index (χ3v) is 4.97. The molecule has 0 aliphatic heterocycles. The van der Waals surface area contributed by atoms with Gasteiger partial charge in [-0.05, 0) is 41.7 Å². The number of benzene rings is 3. The molecular formula is C23H23NO. The lowest BCUT2D eigenvalue weighted by Gasteiger charge is -2.22. The minimum absolute atomic E-state index is 0.0198. The van der Waals surface area contributed by atoms with Crippen molar-refractivity contribution in [2.75, 3.05) is 0 Å². The van der Waals surface area contributed by atoms with Crippen LogP contribution in [0.5, 0.6) is 5.75 Å². The van der Waals surface area contributed by atoms with Crippen molar-refractivity contribution >= 4 is 21.8 Å². The number of rotatable bonds is 1. The average molecular weight is 329 g/mol. The highest BCUT2D eigenvalue weighted by Crippen LogP contribution is 2.38. The molecular weight excluding hydrogens is 306 g/mol. The number of phenolic OH excluding ortho intramolecular Hbond substituents is 1. The Morgan fingerprint density at radius 3 is 1.84 bits per heavy atom. The summed E-state index contributed by atoms with van der Waals surface area (Å²) in [7, 11) is 0. The summed E-state index contributed by atoms with van der Waals surface area (Å²) < 4.78 is 2.18. The zero-order valence-electron chi connectivity index (χ0n) is 15.2. The smallest absolute Gasteiger partial charge is 0.142 e. The van der Waals surface area contributed by atoms with Crippen molar-refractivity contribution in [1.82, 2.24) is 4.57 Å². The highest BCUT2D eigenvalue weighted by atomic mass is 16.3. The third-order valence-electron chi connectivity index (χ3n) is 4.97. The van der Waals surface area contributed by atoms with E-state index in [4.69, 9.17) is 0 Å². The minimum atomic E-state index is 0.0198. The molecule has 0 bridgehead atoms. The van der Waals surface area contributed by atoms with E-state index < -0.39 is 0 Å². The van der Waals surface area contributed by atoms with Gasteiger partial charge in [-0.1, -0.05) is 63.2 Å². The number of phenols is 1. The van der Waals surface area contributed by atoms with E-state index in [0.29, 0.717) is 5.75 Å². The second-order valence-corrected chi connectivity index (χ2v) is 7.78. The van der Waals surface area contributed by atoms with Gasteiger partial charge in [0.05, 0.1) is 16.7 Å². The third kappa shape index (κ3) is 2.41. The van der Waals surface area contributed by atoms with E-state index in [0.717, 1.165) is 22.3 Å². The number of nitrogens with zero attached hydrogens (tertiary/aromatic N) is 1. The van der Waals surface area contributed by atoms with Crippen LogP contribution < -0.4 is 0 Å². The Morgan fingerprint density at radius 1 is 0.800 bits per heavy atom. The van der Waals surface area contributed by atoms with Gasteiger partial charge in [0.2, 0.25) is 0 Å². The first-order chi connectivity index (χ1) is 11.9. The fourth-order valence-corrected chi connectivity index (χ4v) is 3.55. The Balaban J connectivity index is 2.16. The summed E-state index contributed by atoms with van der Waals surface area (Å²) in [6, 6.07) is 21.0. The molecule has 2 heteroatoms. The first kappa shape index (κ1) is 15.8. The predicted octanol–water partition coefficient (Wildman–Crippen LogP) is 6.10. The number of aromatic nitrogens is 1. The highest BCUT2D eigenvalue weighted by Gasteiger charge is 2.20. The molecule has 2 nitrogen and oxygen atoms in total. The van der Waals surface area contributed by atoms with Crippen LogP contribution in [0.1, 0.15) is 31.9 Å². The number of fused-ring (bicyclic) bond motifs is 3. The fourth-order valence-electron chi connectivity index (χ4n) is 3.55. The molecule has 0 spiro atoms. The van der Waals surface area contributed by atoms with E-state index in [1.165, 1.54) is 16.3 Å².